The first kappa shape index (κ1) is 11.5. The van der Waals surface area contributed by atoms with Crippen LogP contribution in [0.2, 0.25) is 0 Å². The normalized spacial score (nSPS) is 20.4. The average molecular weight is 199 g/mol. The monoisotopic (exact) mass is 199 g/mol. The average Bonchev–Trinajstić information content (AvgIpc) is 2.19. The molecule has 1 aliphatic rings. The standard InChI is InChI=1S/C11H21NO2/c1-9(12-11(13)8-14-2)10-6-4-3-5-7-10/h9-10H,3-8H2,1-2H3,(H,12,13)/t9-/m0/s1. The van der Waals surface area contributed by atoms with Gasteiger partial charge in [-0.2, -0.15) is 0 Å². The summed E-state index contributed by atoms with van der Waals surface area (Å²) in [6, 6.07) is 0.304. The van der Waals surface area contributed by atoms with Crippen molar-refractivity contribution >= 4 is 5.91 Å². The molecule has 1 fully saturated rings. The first-order chi connectivity index (χ1) is 6.74. The summed E-state index contributed by atoms with van der Waals surface area (Å²) in [7, 11) is 1.55. The highest BCUT2D eigenvalue weighted by Crippen LogP contribution is 2.26. The second kappa shape index (κ2) is 6.02. The van der Waals surface area contributed by atoms with Gasteiger partial charge in [0.2, 0.25) is 5.91 Å². The van der Waals surface area contributed by atoms with Gasteiger partial charge in [0.25, 0.3) is 0 Å². The van der Waals surface area contributed by atoms with Crippen molar-refractivity contribution in [3.63, 3.8) is 0 Å². The molecular formula is C11H21NO2. The molecule has 82 valence electrons. The Morgan fingerprint density at radius 2 is 2.07 bits per heavy atom. The maximum absolute atomic E-state index is 11.3. The summed E-state index contributed by atoms with van der Waals surface area (Å²) in [6.07, 6.45) is 6.50. The Balaban J connectivity index is 2.25. The van der Waals surface area contributed by atoms with Gasteiger partial charge in [0.15, 0.2) is 0 Å². The Hall–Kier alpha value is -0.570. The van der Waals surface area contributed by atoms with Gasteiger partial charge >= 0.3 is 0 Å². The molecule has 0 bridgehead atoms. The van der Waals surface area contributed by atoms with Crippen molar-refractivity contribution in [3.05, 3.63) is 0 Å². The van der Waals surface area contributed by atoms with Gasteiger partial charge in [0, 0.05) is 13.2 Å². The van der Waals surface area contributed by atoms with Crippen LogP contribution in [0.4, 0.5) is 0 Å². The molecule has 1 atom stereocenters. The number of carbonyl (C=O) groups excluding carboxylic acids is 1. The fourth-order valence-corrected chi connectivity index (χ4v) is 2.18. The summed E-state index contributed by atoms with van der Waals surface area (Å²) in [6.45, 7) is 2.28. The van der Waals surface area contributed by atoms with Crippen LogP contribution in [0.25, 0.3) is 0 Å². The molecule has 0 unspecified atom stereocenters. The van der Waals surface area contributed by atoms with Crippen LogP contribution in [-0.2, 0) is 9.53 Å². The SMILES string of the molecule is COCC(=O)N[C@@H](C)C1CCCCC1. The first-order valence-electron chi connectivity index (χ1n) is 5.52. The van der Waals surface area contributed by atoms with Gasteiger partial charge in [0.1, 0.15) is 6.61 Å². The van der Waals surface area contributed by atoms with Crippen LogP contribution >= 0.6 is 0 Å². The Morgan fingerprint density at radius 1 is 1.43 bits per heavy atom. The Kier molecular flexibility index (Phi) is 4.94. The zero-order valence-corrected chi connectivity index (χ0v) is 9.21. The molecule has 1 rings (SSSR count). The zero-order valence-electron chi connectivity index (χ0n) is 9.21. The third-order valence-electron chi connectivity index (χ3n) is 3.02. The number of ether oxygens (including phenoxy) is 1. The predicted molar refractivity (Wildman–Crippen MR) is 56.1 cm³/mol. The number of rotatable bonds is 4. The number of hydrogen-bond donors (Lipinski definition) is 1. The van der Waals surface area contributed by atoms with Gasteiger partial charge in [-0.25, -0.2) is 0 Å². The van der Waals surface area contributed by atoms with Crippen LogP contribution in [0.15, 0.2) is 0 Å². The summed E-state index contributed by atoms with van der Waals surface area (Å²) in [5, 5.41) is 2.99. The molecule has 1 N–H and O–H groups in total. The van der Waals surface area contributed by atoms with E-state index in [9.17, 15) is 4.79 Å². The summed E-state index contributed by atoms with van der Waals surface area (Å²) in [5.41, 5.74) is 0. The molecular weight excluding hydrogens is 178 g/mol. The molecule has 1 amide bonds. The molecule has 0 aromatic heterocycles. The lowest BCUT2D eigenvalue weighted by atomic mass is 9.84. The van der Waals surface area contributed by atoms with Crippen molar-refractivity contribution in [3.8, 4) is 0 Å². The third-order valence-corrected chi connectivity index (χ3v) is 3.02. The molecule has 0 heterocycles. The molecule has 3 nitrogen and oxygen atoms in total. The first-order valence-corrected chi connectivity index (χ1v) is 5.52. The van der Waals surface area contributed by atoms with Crippen molar-refractivity contribution in [2.75, 3.05) is 13.7 Å². The number of carbonyl (C=O) groups is 1. The lowest BCUT2D eigenvalue weighted by molar-refractivity contribution is -0.125. The van der Waals surface area contributed by atoms with Crippen LogP contribution in [-0.4, -0.2) is 25.7 Å². The van der Waals surface area contributed by atoms with Gasteiger partial charge in [-0.3, -0.25) is 4.79 Å². The highest BCUT2D eigenvalue weighted by Gasteiger charge is 2.20. The maximum atomic E-state index is 11.3. The number of hydrogen-bond acceptors (Lipinski definition) is 2. The van der Waals surface area contributed by atoms with Crippen molar-refractivity contribution in [1.82, 2.24) is 5.32 Å². The smallest absolute Gasteiger partial charge is 0.246 e. The van der Waals surface area contributed by atoms with Crippen LogP contribution in [0.3, 0.4) is 0 Å². The molecule has 0 aromatic rings. The molecule has 1 aliphatic carbocycles. The second-order valence-electron chi connectivity index (χ2n) is 4.19. The molecule has 14 heavy (non-hydrogen) atoms. The Bertz CT molecular complexity index is 176. The van der Waals surface area contributed by atoms with E-state index in [1.54, 1.807) is 7.11 Å². The molecule has 0 saturated heterocycles. The van der Waals surface area contributed by atoms with Crippen molar-refractivity contribution < 1.29 is 9.53 Å². The van der Waals surface area contributed by atoms with E-state index >= 15 is 0 Å². The minimum atomic E-state index is 0.00516. The van der Waals surface area contributed by atoms with E-state index in [4.69, 9.17) is 4.74 Å². The van der Waals surface area contributed by atoms with Crippen LogP contribution in [0.1, 0.15) is 39.0 Å². The quantitative estimate of drug-likeness (QED) is 0.748. The zero-order chi connectivity index (χ0) is 10.4. The van der Waals surface area contributed by atoms with E-state index in [0.29, 0.717) is 12.0 Å². The highest BCUT2D eigenvalue weighted by atomic mass is 16.5. The Labute approximate surface area is 86.2 Å². The number of amides is 1. The summed E-state index contributed by atoms with van der Waals surface area (Å²) in [5.74, 6) is 0.676. The maximum Gasteiger partial charge on any atom is 0.246 e. The van der Waals surface area contributed by atoms with E-state index < -0.39 is 0 Å². The fourth-order valence-electron chi connectivity index (χ4n) is 2.18. The minimum absolute atomic E-state index is 0.00516. The molecule has 3 heteroatoms. The molecule has 0 spiro atoms. The van der Waals surface area contributed by atoms with Crippen molar-refractivity contribution in [2.45, 2.75) is 45.1 Å². The summed E-state index contributed by atoms with van der Waals surface area (Å²) < 4.78 is 4.78. The number of nitrogens with one attached hydrogen (secondary N) is 1. The molecule has 1 saturated carbocycles. The van der Waals surface area contributed by atoms with Gasteiger partial charge in [-0.05, 0) is 25.7 Å². The van der Waals surface area contributed by atoms with E-state index in [1.165, 1.54) is 32.1 Å². The van der Waals surface area contributed by atoms with E-state index in [1.807, 2.05) is 0 Å². The van der Waals surface area contributed by atoms with E-state index in [-0.39, 0.29) is 12.5 Å². The minimum Gasteiger partial charge on any atom is -0.375 e. The van der Waals surface area contributed by atoms with Crippen LogP contribution < -0.4 is 5.32 Å². The van der Waals surface area contributed by atoms with Gasteiger partial charge in [-0.15, -0.1) is 0 Å². The van der Waals surface area contributed by atoms with Gasteiger partial charge in [0.05, 0.1) is 0 Å². The molecule has 0 radical (unpaired) electrons. The highest BCUT2D eigenvalue weighted by molar-refractivity contribution is 5.77. The van der Waals surface area contributed by atoms with Gasteiger partial charge < -0.3 is 10.1 Å². The predicted octanol–water partition coefficient (Wildman–Crippen LogP) is 1.72. The van der Waals surface area contributed by atoms with Crippen molar-refractivity contribution in [2.24, 2.45) is 5.92 Å². The Morgan fingerprint density at radius 3 is 2.64 bits per heavy atom. The van der Waals surface area contributed by atoms with Crippen molar-refractivity contribution in [1.29, 1.82) is 0 Å². The topological polar surface area (TPSA) is 38.3 Å². The molecule has 0 aliphatic heterocycles. The van der Waals surface area contributed by atoms with Gasteiger partial charge in [-0.1, -0.05) is 19.3 Å². The van der Waals surface area contributed by atoms with E-state index in [2.05, 4.69) is 12.2 Å². The van der Waals surface area contributed by atoms with E-state index in [0.717, 1.165) is 0 Å². The lowest BCUT2D eigenvalue weighted by Gasteiger charge is -2.28. The largest absolute Gasteiger partial charge is 0.375 e. The summed E-state index contributed by atoms with van der Waals surface area (Å²) in [4.78, 5) is 11.3. The number of methoxy groups -OCH3 is 1. The fraction of sp³-hybridized carbons (Fsp3) is 0.909. The van der Waals surface area contributed by atoms with Crippen LogP contribution in [0, 0.1) is 5.92 Å². The lowest BCUT2D eigenvalue weighted by Crippen LogP contribution is -2.40. The van der Waals surface area contributed by atoms with Crippen LogP contribution in [0.5, 0.6) is 0 Å². The third kappa shape index (κ3) is 3.66. The molecule has 0 aromatic carbocycles. The summed E-state index contributed by atoms with van der Waals surface area (Å²) >= 11 is 0. The second-order valence-corrected chi connectivity index (χ2v) is 4.19.